The number of ether oxygens (including phenoxy) is 3. The molecular formula is C24H27ClN4O3S. The molecule has 0 saturated carbocycles. The molecule has 174 valence electrons. The van der Waals surface area contributed by atoms with Crippen LogP contribution in [0.25, 0.3) is 0 Å². The van der Waals surface area contributed by atoms with Crippen molar-refractivity contribution in [3.63, 3.8) is 0 Å². The van der Waals surface area contributed by atoms with Gasteiger partial charge in [-0.25, -0.2) is 0 Å². The van der Waals surface area contributed by atoms with Gasteiger partial charge in [-0.3, -0.25) is 4.98 Å². The predicted octanol–water partition coefficient (Wildman–Crippen LogP) is 4.39. The van der Waals surface area contributed by atoms with Crippen LogP contribution < -0.4 is 15.0 Å². The van der Waals surface area contributed by atoms with Gasteiger partial charge in [-0.1, -0.05) is 17.7 Å². The van der Waals surface area contributed by atoms with Crippen molar-refractivity contribution in [1.82, 2.24) is 14.9 Å². The number of hydrogen-bond acceptors (Lipinski definition) is 5. The van der Waals surface area contributed by atoms with Crippen LogP contribution in [0.1, 0.15) is 23.5 Å². The summed E-state index contributed by atoms with van der Waals surface area (Å²) in [7, 11) is 3.34. The fourth-order valence-corrected chi connectivity index (χ4v) is 4.59. The van der Waals surface area contributed by atoms with Crippen LogP contribution in [0.2, 0.25) is 5.02 Å². The molecule has 1 aromatic carbocycles. The Balaban J connectivity index is 1.72. The number of nitrogens with one attached hydrogen (secondary N) is 1. The van der Waals surface area contributed by atoms with Crippen molar-refractivity contribution in [3.8, 4) is 5.75 Å². The van der Waals surface area contributed by atoms with Crippen LogP contribution in [0, 0.1) is 0 Å². The molecule has 4 rings (SSSR count). The second-order valence-corrected chi connectivity index (χ2v) is 8.37. The van der Waals surface area contributed by atoms with Gasteiger partial charge in [0.2, 0.25) is 0 Å². The highest BCUT2D eigenvalue weighted by atomic mass is 35.5. The van der Waals surface area contributed by atoms with Crippen molar-refractivity contribution in [2.75, 3.05) is 38.9 Å². The monoisotopic (exact) mass is 486 g/mol. The number of nitrogens with zero attached hydrogens (tertiary/aromatic N) is 3. The molecule has 1 N–H and O–H groups in total. The minimum absolute atomic E-state index is 0.129. The zero-order chi connectivity index (χ0) is 23.2. The van der Waals surface area contributed by atoms with Crippen molar-refractivity contribution in [3.05, 3.63) is 77.3 Å². The molecule has 2 aromatic heterocycles. The van der Waals surface area contributed by atoms with Gasteiger partial charge in [-0.2, -0.15) is 0 Å². The molecule has 0 unspecified atom stereocenters. The third-order valence-electron chi connectivity index (χ3n) is 5.54. The van der Waals surface area contributed by atoms with Crippen LogP contribution >= 0.6 is 23.8 Å². The molecule has 2 atom stereocenters. The highest BCUT2D eigenvalue weighted by Crippen LogP contribution is 2.43. The summed E-state index contributed by atoms with van der Waals surface area (Å²) in [5, 5.41) is 4.60. The molecule has 0 aliphatic carbocycles. The van der Waals surface area contributed by atoms with Gasteiger partial charge in [0.15, 0.2) is 5.11 Å². The van der Waals surface area contributed by atoms with Crippen molar-refractivity contribution in [2.24, 2.45) is 0 Å². The Morgan fingerprint density at radius 3 is 2.64 bits per heavy atom. The maximum Gasteiger partial charge on any atom is 0.174 e. The Morgan fingerprint density at radius 2 is 1.91 bits per heavy atom. The normalized spacial score (nSPS) is 17.9. The van der Waals surface area contributed by atoms with E-state index in [2.05, 4.69) is 32.0 Å². The largest absolute Gasteiger partial charge is 0.490 e. The second kappa shape index (κ2) is 11.0. The summed E-state index contributed by atoms with van der Waals surface area (Å²) in [5.41, 5.74) is 2.89. The zero-order valence-electron chi connectivity index (χ0n) is 18.6. The molecular weight excluding hydrogens is 460 g/mol. The molecule has 0 radical (unpaired) electrons. The van der Waals surface area contributed by atoms with Gasteiger partial charge in [-0.15, -0.1) is 0 Å². The highest BCUT2D eigenvalue weighted by Gasteiger charge is 2.42. The van der Waals surface area contributed by atoms with Crippen molar-refractivity contribution in [1.29, 1.82) is 0 Å². The quantitative estimate of drug-likeness (QED) is 0.337. The fourth-order valence-electron chi connectivity index (χ4n) is 4.01. The van der Waals surface area contributed by atoms with Gasteiger partial charge in [0, 0.05) is 44.5 Å². The van der Waals surface area contributed by atoms with E-state index in [0.717, 1.165) is 23.6 Å². The molecule has 0 amide bonds. The number of halogens is 1. The summed E-state index contributed by atoms with van der Waals surface area (Å²) >= 11 is 12.4. The van der Waals surface area contributed by atoms with Gasteiger partial charge in [0.25, 0.3) is 0 Å². The van der Waals surface area contributed by atoms with Gasteiger partial charge in [0.05, 0.1) is 30.0 Å². The van der Waals surface area contributed by atoms with E-state index in [1.54, 1.807) is 20.4 Å². The third-order valence-corrected chi connectivity index (χ3v) is 6.15. The molecule has 7 nitrogen and oxygen atoms in total. The van der Waals surface area contributed by atoms with Gasteiger partial charge in [0.1, 0.15) is 18.4 Å². The van der Waals surface area contributed by atoms with E-state index in [4.69, 9.17) is 38.0 Å². The summed E-state index contributed by atoms with van der Waals surface area (Å²) < 4.78 is 18.3. The second-order valence-electron chi connectivity index (χ2n) is 7.57. The number of rotatable bonds is 10. The minimum Gasteiger partial charge on any atom is -0.490 e. The van der Waals surface area contributed by atoms with E-state index in [-0.39, 0.29) is 12.1 Å². The van der Waals surface area contributed by atoms with Crippen LogP contribution in [0.5, 0.6) is 5.75 Å². The van der Waals surface area contributed by atoms with Crippen molar-refractivity contribution < 1.29 is 14.2 Å². The summed E-state index contributed by atoms with van der Waals surface area (Å²) in [6.07, 6.45) is 3.86. The van der Waals surface area contributed by atoms with Crippen molar-refractivity contribution >= 4 is 34.6 Å². The first-order chi connectivity index (χ1) is 16.1. The Kier molecular flexibility index (Phi) is 7.82. The van der Waals surface area contributed by atoms with Crippen molar-refractivity contribution in [2.45, 2.75) is 18.6 Å². The molecule has 0 spiro atoms. The number of methoxy groups -OCH3 is 2. The smallest absolute Gasteiger partial charge is 0.174 e. The molecule has 33 heavy (non-hydrogen) atoms. The predicted molar refractivity (Wildman–Crippen MR) is 133 cm³/mol. The third kappa shape index (κ3) is 5.14. The minimum atomic E-state index is -0.133. The van der Waals surface area contributed by atoms with E-state index >= 15 is 0 Å². The number of benzene rings is 1. The molecule has 0 bridgehead atoms. The summed E-state index contributed by atoms with van der Waals surface area (Å²) in [6, 6.07) is 15.5. The Morgan fingerprint density at radius 1 is 1.06 bits per heavy atom. The first-order valence-electron chi connectivity index (χ1n) is 10.7. The summed E-state index contributed by atoms with van der Waals surface area (Å²) in [4.78, 5) is 6.70. The number of thiocarbonyl (C=S) groups is 1. The first-order valence-corrected chi connectivity index (χ1v) is 11.5. The van der Waals surface area contributed by atoms with Crippen LogP contribution in [0.3, 0.4) is 0 Å². The lowest BCUT2D eigenvalue weighted by Crippen LogP contribution is -2.30. The van der Waals surface area contributed by atoms with Crippen LogP contribution in [-0.2, 0) is 16.0 Å². The lowest BCUT2D eigenvalue weighted by Gasteiger charge is -2.29. The Hall–Kier alpha value is -2.65. The number of pyridine rings is 1. The molecule has 1 saturated heterocycles. The number of aromatic nitrogens is 2. The zero-order valence-corrected chi connectivity index (χ0v) is 20.2. The summed E-state index contributed by atoms with van der Waals surface area (Å²) in [6.45, 7) is 2.26. The topological polar surface area (TPSA) is 60.8 Å². The van der Waals surface area contributed by atoms with Crippen LogP contribution in [0.15, 0.2) is 60.9 Å². The SMILES string of the molecule is COCCOc1ccc(N2C(=S)N[C@H](c3ccccn3)[C@@H]2c2cccn2CCOC)cc1Cl. The lowest BCUT2D eigenvalue weighted by molar-refractivity contribution is 0.146. The molecule has 3 aromatic rings. The molecule has 1 aliphatic heterocycles. The van der Waals surface area contributed by atoms with E-state index in [1.807, 2.05) is 42.5 Å². The molecule has 1 aliphatic rings. The average molecular weight is 487 g/mol. The lowest BCUT2D eigenvalue weighted by atomic mass is 10.0. The average Bonchev–Trinajstić information content (AvgIpc) is 3.43. The highest BCUT2D eigenvalue weighted by molar-refractivity contribution is 7.80. The van der Waals surface area contributed by atoms with Gasteiger partial charge >= 0.3 is 0 Å². The van der Waals surface area contributed by atoms with E-state index in [9.17, 15) is 0 Å². The Bertz CT molecular complexity index is 1080. The number of anilines is 1. The van der Waals surface area contributed by atoms with Crippen LogP contribution in [-0.4, -0.2) is 48.7 Å². The van der Waals surface area contributed by atoms with Crippen LogP contribution in [0.4, 0.5) is 5.69 Å². The first kappa shape index (κ1) is 23.5. The maximum absolute atomic E-state index is 6.57. The van der Waals surface area contributed by atoms with Gasteiger partial charge < -0.3 is 29.0 Å². The summed E-state index contributed by atoms with van der Waals surface area (Å²) in [5.74, 6) is 0.608. The van der Waals surface area contributed by atoms with E-state index in [1.165, 1.54) is 0 Å². The molecule has 3 heterocycles. The molecule has 1 fully saturated rings. The van der Waals surface area contributed by atoms with E-state index < -0.39 is 0 Å². The maximum atomic E-state index is 6.57. The number of hydrogen-bond donors (Lipinski definition) is 1. The van der Waals surface area contributed by atoms with Gasteiger partial charge in [-0.05, 0) is 54.7 Å². The van der Waals surface area contributed by atoms with E-state index in [0.29, 0.717) is 35.7 Å². The fraction of sp³-hybridized carbons (Fsp3) is 0.333. The Labute approximate surface area is 204 Å². The molecule has 9 heteroatoms. The standard InChI is InChI=1S/C24H27ClN4O3S/c1-30-13-12-28-11-5-7-20(28)23-22(19-6-3-4-10-26-19)27-24(33)29(23)17-8-9-21(18(25)16-17)32-15-14-31-2/h3-11,16,22-23H,12-15H2,1-2H3,(H,27,33)/t22-,23+/m1/s1.